The normalized spacial score (nSPS) is 13.7. The Kier molecular flexibility index (Phi) is 22.4. The van der Waals surface area contributed by atoms with E-state index in [-0.39, 0.29) is 5.78 Å². The number of hydrogen-bond acceptors (Lipinski definition) is 4. The second-order valence-corrected chi connectivity index (χ2v) is 8.55. The van der Waals surface area contributed by atoms with Gasteiger partial charge in [0, 0.05) is 13.0 Å². The molecular weight excluding hydrogens is 376 g/mol. The number of aliphatic hydroxyl groups is 2. The van der Waals surface area contributed by atoms with Crippen LogP contribution < -0.4 is 0 Å². The van der Waals surface area contributed by atoms with Crippen molar-refractivity contribution in [3.8, 4) is 0 Å². The van der Waals surface area contributed by atoms with Gasteiger partial charge in [0.05, 0.1) is 6.61 Å². The molecule has 0 rings (SSSR count). The zero-order valence-corrected chi connectivity index (χ0v) is 20.0. The fraction of sp³-hybridized carbons (Fsp3) is 0.885. The number of carbonyl (C=O) groups is 1. The highest BCUT2D eigenvalue weighted by Gasteiger charge is 2.26. The number of allylic oxidation sites excluding steroid dienone is 2. The van der Waals surface area contributed by atoms with Crippen molar-refractivity contribution in [3.05, 3.63) is 12.2 Å². The Morgan fingerprint density at radius 2 is 1.27 bits per heavy atom. The maximum atomic E-state index is 12.3. The molecule has 0 radical (unpaired) electrons. The van der Waals surface area contributed by atoms with Crippen molar-refractivity contribution in [2.24, 2.45) is 0 Å². The molecule has 0 saturated heterocycles. The highest BCUT2D eigenvalue weighted by molar-refractivity contribution is 5.83. The Labute approximate surface area is 186 Å². The summed E-state index contributed by atoms with van der Waals surface area (Å²) >= 11 is 0. The van der Waals surface area contributed by atoms with Crippen molar-refractivity contribution >= 4 is 5.78 Å². The van der Waals surface area contributed by atoms with E-state index in [4.69, 9.17) is 4.74 Å². The number of carbonyl (C=O) groups excluding carboxylic acids is 1. The van der Waals surface area contributed by atoms with E-state index < -0.39 is 18.8 Å². The molecule has 0 aliphatic heterocycles. The van der Waals surface area contributed by atoms with Gasteiger partial charge in [0.1, 0.15) is 12.2 Å². The molecule has 178 valence electrons. The summed E-state index contributed by atoms with van der Waals surface area (Å²) in [5.74, 6) is -0.0781. The van der Waals surface area contributed by atoms with E-state index in [2.05, 4.69) is 26.0 Å². The first-order chi connectivity index (χ1) is 14.7. The lowest BCUT2D eigenvalue weighted by Gasteiger charge is -2.21. The molecule has 4 heteroatoms. The predicted octanol–water partition coefficient (Wildman–Crippen LogP) is 6.52. The highest BCUT2D eigenvalue weighted by Crippen LogP contribution is 2.13. The van der Waals surface area contributed by atoms with E-state index in [1.165, 1.54) is 57.8 Å². The quantitative estimate of drug-likeness (QED) is 0.144. The monoisotopic (exact) mass is 426 g/mol. The maximum absolute atomic E-state index is 12.3. The average molecular weight is 427 g/mol. The third kappa shape index (κ3) is 18.1. The van der Waals surface area contributed by atoms with Crippen LogP contribution in [0.4, 0.5) is 0 Å². The van der Waals surface area contributed by atoms with Gasteiger partial charge in [-0.15, -0.1) is 0 Å². The van der Waals surface area contributed by atoms with Gasteiger partial charge in [-0.2, -0.15) is 0 Å². The smallest absolute Gasteiger partial charge is 0.164 e. The van der Waals surface area contributed by atoms with E-state index >= 15 is 0 Å². The fourth-order valence-corrected chi connectivity index (χ4v) is 3.59. The minimum absolute atomic E-state index is 0.0781. The third-order valence-electron chi connectivity index (χ3n) is 5.58. The highest BCUT2D eigenvalue weighted by atomic mass is 16.5. The molecule has 30 heavy (non-hydrogen) atoms. The summed E-state index contributed by atoms with van der Waals surface area (Å²) < 4.78 is 5.57. The van der Waals surface area contributed by atoms with Crippen LogP contribution in [-0.2, 0) is 9.53 Å². The first-order valence-corrected chi connectivity index (χ1v) is 12.8. The SMILES string of the molecule is CCCCCCCCC=CCCCCCCCC(=O)C(OCCCCC)C(O)CO. The summed E-state index contributed by atoms with van der Waals surface area (Å²) in [5, 5.41) is 19.0. The van der Waals surface area contributed by atoms with Crippen LogP contribution in [0.5, 0.6) is 0 Å². The van der Waals surface area contributed by atoms with Gasteiger partial charge in [-0.25, -0.2) is 0 Å². The van der Waals surface area contributed by atoms with E-state index in [9.17, 15) is 15.0 Å². The van der Waals surface area contributed by atoms with Crippen LogP contribution >= 0.6 is 0 Å². The zero-order valence-electron chi connectivity index (χ0n) is 20.0. The topological polar surface area (TPSA) is 66.8 Å². The molecule has 0 heterocycles. The van der Waals surface area contributed by atoms with Crippen molar-refractivity contribution in [1.82, 2.24) is 0 Å². The zero-order chi connectivity index (χ0) is 22.3. The number of Topliss-reactive ketones (excluding diaryl/α,β-unsaturated/α-hetero) is 1. The lowest BCUT2D eigenvalue weighted by Crippen LogP contribution is -2.39. The van der Waals surface area contributed by atoms with Gasteiger partial charge >= 0.3 is 0 Å². The summed E-state index contributed by atoms with van der Waals surface area (Å²) in [4.78, 5) is 12.3. The van der Waals surface area contributed by atoms with E-state index in [0.29, 0.717) is 13.0 Å². The molecule has 0 fully saturated rings. The molecule has 0 amide bonds. The van der Waals surface area contributed by atoms with Crippen molar-refractivity contribution in [3.63, 3.8) is 0 Å². The van der Waals surface area contributed by atoms with E-state index in [0.717, 1.165) is 44.9 Å². The van der Waals surface area contributed by atoms with Crippen LogP contribution in [0, 0.1) is 0 Å². The van der Waals surface area contributed by atoms with E-state index in [1.54, 1.807) is 0 Å². The second-order valence-electron chi connectivity index (χ2n) is 8.55. The minimum Gasteiger partial charge on any atom is -0.394 e. The van der Waals surface area contributed by atoms with Gasteiger partial charge in [-0.05, 0) is 38.5 Å². The van der Waals surface area contributed by atoms with Gasteiger partial charge in [0.15, 0.2) is 5.78 Å². The predicted molar refractivity (Wildman–Crippen MR) is 127 cm³/mol. The third-order valence-corrected chi connectivity index (χ3v) is 5.58. The van der Waals surface area contributed by atoms with Crippen molar-refractivity contribution < 1.29 is 19.7 Å². The molecule has 0 aliphatic carbocycles. The molecule has 4 nitrogen and oxygen atoms in total. The molecular formula is C26H50O4. The number of ether oxygens (including phenoxy) is 1. The number of aliphatic hydroxyl groups excluding tert-OH is 2. The number of unbranched alkanes of at least 4 members (excludes halogenated alkanes) is 13. The molecule has 0 saturated carbocycles. The Bertz CT molecular complexity index is 394. The van der Waals surface area contributed by atoms with Crippen LogP contribution in [0.3, 0.4) is 0 Å². The minimum atomic E-state index is -1.11. The average Bonchev–Trinajstić information content (AvgIpc) is 2.75. The Balaban J connectivity index is 3.65. The summed E-state index contributed by atoms with van der Waals surface area (Å²) in [6, 6.07) is 0. The van der Waals surface area contributed by atoms with E-state index in [1.807, 2.05) is 0 Å². The van der Waals surface area contributed by atoms with Crippen molar-refractivity contribution in [1.29, 1.82) is 0 Å². The van der Waals surface area contributed by atoms with Crippen molar-refractivity contribution in [2.45, 2.75) is 135 Å². The largest absolute Gasteiger partial charge is 0.394 e. The molecule has 2 N–H and O–H groups in total. The number of rotatable bonds is 23. The summed E-state index contributed by atoms with van der Waals surface area (Å²) in [6.07, 6.45) is 22.1. The van der Waals surface area contributed by atoms with Gasteiger partial charge in [0.25, 0.3) is 0 Å². The maximum Gasteiger partial charge on any atom is 0.164 e. The number of hydrogen-bond donors (Lipinski definition) is 2. The van der Waals surface area contributed by atoms with Crippen LogP contribution in [-0.4, -0.2) is 41.4 Å². The summed E-state index contributed by atoms with van der Waals surface area (Å²) in [7, 11) is 0. The summed E-state index contributed by atoms with van der Waals surface area (Å²) in [5.41, 5.74) is 0. The standard InChI is InChI=1S/C26H50O4/c1-3-5-7-8-9-10-11-12-13-14-15-16-17-18-19-21-24(28)26(25(29)23-27)30-22-20-6-4-2/h12-13,25-27,29H,3-11,14-23H2,1-2H3. The van der Waals surface area contributed by atoms with Crippen molar-refractivity contribution in [2.75, 3.05) is 13.2 Å². The molecule has 0 aromatic rings. The second kappa shape index (κ2) is 23.0. The molecule has 0 aromatic heterocycles. The van der Waals surface area contributed by atoms with Crippen LogP contribution in [0.25, 0.3) is 0 Å². The Morgan fingerprint density at radius 3 is 1.83 bits per heavy atom. The summed E-state index contributed by atoms with van der Waals surface area (Å²) in [6.45, 7) is 4.40. The molecule has 0 aliphatic rings. The fourth-order valence-electron chi connectivity index (χ4n) is 3.59. The molecule has 0 bridgehead atoms. The van der Waals surface area contributed by atoms with Crippen LogP contribution in [0.2, 0.25) is 0 Å². The first kappa shape index (κ1) is 29.3. The van der Waals surface area contributed by atoms with Crippen LogP contribution in [0.1, 0.15) is 123 Å². The van der Waals surface area contributed by atoms with Gasteiger partial charge < -0.3 is 14.9 Å². The van der Waals surface area contributed by atoms with Gasteiger partial charge in [-0.3, -0.25) is 4.79 Å². The lowest BCUT2D eigenvalue weighted by molar-refractivity contribution is -0.141. The first-order valence-electron chi connectivity index (χ1n) is 12.8. The van der Waals surface area contributed by atoms with Gasteiger partial charge in [-0.1, -0.05) is 90.2 Å². The molecule has 0 aromatic carbocycles. The Morgan fingerprint density at radius 1 is 0.767 bits per heavy atom. The number of ketones is 1. The molecule has 0 spiro atoms. The van der Waals surface area contributed by atoms with Crippen LogP contribution in [0.15, 0.2) is 12.2 Å². The molecule has 2 atom stereocenters. The lowest BCUT2D eigenvalue weighted by atomic mass is 10.0. The molecule has 2 unspecified atom stereocenters. The van der Waals surface area contributed by atoms with Gasteiger partial charge in [0.2, 0.25) is 0 Å². The Hall–Kier alpha value is -0.710.